The Balaban J connectivity index is 1.82. The topological polar surface area (TPSA) is 86.8 Å². The Bertz CT molecular complexity index is 793. The second-order valence-corrected chi connectivity index (χ2v) is 9.60. The summed E-state index contributed by atoms with van der Waals surface area (Å²) in [6.45, 7) is 1.63. The monoisotopic (exact) mass is 407 g/mol. The Morgan fingerprint density at radius 1 is 1.07 bits per heavy atom. The van der Waals surface area contributed by atoms with E-state index >= 15 is 0 Å². The lowest BCUT2D eigenvalue weighted by Gasteiger charge is -2.32. The smallest absolute Gasteiger partial charge is 0.225 e. The molecule has 3 rings (SSSR count). The van der Waals surface area contributed by atoms with Crippen molar-refractivity contribution in [3.05, 3.63) is 35.9 Å². The second-order valence-electron chi connectivity index (χ2n) is 7.66. The average molecular weight is 408 g/mol. The molecule has 1 saturated heterocycles. The zero-order valence-corrected chi connectivity index (χ0v) is 17.2. The number of hydrogen-bond donors (Lipinski definition) is 1. The minimum atomic E-state index is -3.52. The minimum Gasteiger partial charge on any atom is -0.354 e. The van der Waals surface area contributed by atoms with Gasteiger partial charge in [-0.1, -0.05) is 36.8 Å². The number of benzene rings is 1. The Labute approximate surface area is 167 Å². The first-order valence-electron chi connectivity index (χ1n) is 9.93. The second kappa shape index (κ2) is 9.05. The van der Waals surface area contributed by atoms with Crippen LogP contribution >= 0.6 is 0 Å². The molecule has 1 aromatic rings. The molecule has 2 fully saturated rings. The van der Waals surface area contributed by atoms with E-state index < -0.39 is 16.1 Å². The highest BCUT2D eigenvalue weighted by atomic mass is 32.2. The molecule has 1 atom stereocenters. The molecular weight excluding hydrogens is 378 g/mol. The molecule has 28 heavy (non-hydrogen) atoms. The van der Waals surface area contributed by atoms with Gasteiger partial charge in [-0.05, 0) is 24.8 Å². The van der Waals surface area contributed by atoms with Gasteiger partial charge in [0.25, 0.3) is 0 Å². The molecule has 8 heteroatoms. The van der Waals surface area contributed by atoms with Crippen LogP contribution in [-0.2, 0) is 19.6 Å². The van der Waals surface area contributed by atoms with E-state index in [2.05, 4.69) is 5.32 Å². The number of nitrogens with zero attached hydrogens (tertiary/aromatic N) is 2. The Morgan fingerprint density at radius 2 is 1.79 bits per heavy atom. The van der Waals surface area contributed by atoms with Crippen LogP contribution in [0.5, 0.6) is 0 Å². The Hall–Kier alpha value is -1.93. The maximum atomic E-state index is 12.7. The van der Waals surface area contributed by atoms with Crippen LogP contribution in [-0.4, -0.2) is 61.9 Å². The van der Waals surface area contributed by atoms with Crippen molar-refractivity contribution in [3.8, 4) is 0 Å². The van der Waals surface area contributed by atoms with Gasteiger partial charge in [-0.25, -0.2) is 8.42 Å². The van der Waals surface area contributed by atoms with Crippen LogP contribution in [0.25, 0.3) is 0 Å². The highest BCUT2D eigenvalue weighted by Gasteiger charge is 2.32. The summed E-state index contributed by atoms with van der Waals surface area (Å²) >= 11 is 0. The molecule has 1 saturated carbocycles. The number of amides is 2. The number of rotatable bonds is 3. The number of sulfonamides is 1. The van der Waals surface area contributed by atoms with Crippen molar-refractivity contribution in [2.45, 2.75) is 38.1 Å². The van der Waals surface area contributed by atoms with Gasteiger partial charge in [-0.3, -0.25) is 9.59 Å². The van der Waals surface area contributed by atoms with Crippen molar-refractivity contribution in [3.63, 3.8) is 0 Å². The van der Waals surface area contributed by atoms with Crippen molar-refractivity contribution in [1.29, 1.82) is 0 Å². The van der Waals surface area contributed by atoms with Crippen LogP contribution in [0.15, 0.2) is 30.3 Å². The van der Waals surface area contributed by atoms with E-state index in [4.69, 9.17) is 0 Å². The number of hydrogen-bond acceptors (Lipinski definition) is 4. The predicted molar refractivity (Wildman–Crippen MR) is 107 cm³/mol. The molecule has 0 bridgehead atoms. The third-order valence-corrected chi connectivity index (χ3v) is 6.90. The van der Waals surface area contributed by atoms with Crippen LogP contribution in [0.1, 0.15) is 43.7 Å². The molecule has 1 N–H and O–H groups in total. The molecular formula is C20H29N3O4S. The van der Waals surface area contributed by atoms with Crippen molar-refractivity contribution >= 4 is 21.8 Å². The first-order chi connectivity index (χ1) is 13.4. The summed E-state index contributed by atoms with van der Waals surface area (Å²) in [4.78, 5) is 27.0. The molecule has 7 nitrogen and oxygen atoms in total. The Kier molecular flexibility index (Phi) is 6.72. The molecule has 2 amide bonds. The van der Waals surface area contributed by atoms with Gasteiger partial charge in [0.1, 0.15) is 0 Å². The summed E-state index contributed by atoms with van der Waals surface area (Å²) in [6.07, 6.45) is 4.72. The fourth-order valence-electron chi connectivity index (χ4n) is 3.85. The van der Waals surface area contributed by atoms with Gasteiger partial charge < -0.3 is 10.2 Å². The predicted octanol–water partition coefficient (Wildman–Crippen LogP) is 1.53. The molecule has 1 aliphatic heterocycles. The highest BCUT2D eigenvalue weighted by molar-refractivity contribution is 7.88. The van der Waals surface area contributed by atoms with Gasteiger partial charge in [0, 0.05) is 38.5 Å². The van der Waals surface area contributed by atoms with Gasteiger partial charge in [0.2, 0.25) is 21.8 Å². The van der Waals surface area contributed by atoms with Crippen molar-refractivity contribution in [2.24, 2.45) is 5.92 Å². The van der Waals surface area contributed by atoms with Crippen molar-refractivity contribution < 1.29 is 18.0 Å². The summed E-state index contributed by atoms with van der Waals surface area (Å²) in [6, 6.07) is 8.70. The van der Waals surface area contributed by atoms with E-state index in [-0.39, 0.29) is 30.7 Å². The number of carbonyl (C=O) groups excluding carboxylic acids is 2. The van der Waals surface area contributed by atoms with E-state index in [1.54, 1.807) is 4.90 Å². The third-order valence-electron chi connectivity index (χ3n) is 5.61. The molecule has 2 aliphatic rings. The summed E-state index contributed by atoms with van der Waals surface area (Å²) in [7, 11) is -3.52. The van der Waals surface area contributed by atoms with E-state index in [9.17, 15) is 18.0 Å². The van der Waals surface area contributed by atoms with Crippen molar-refractivity contribution in [1.82, 2.24) is 14.5 Å². The van der Waals surface area contributed by atoms with E-state index in [1.807, 2.05) is 30.3 Å². The van der Waals surface area contributed by atoms with Crippen LogP contribution in [0, 0.1) is 5.92 Å². The maximum Gasteiger partial charge on any atom is 0.225 e. The highest BCUT2D eigenvalue weighted by Crippen LogP contribution is 2.29. The van der Waals surface area contributed by atoms with E-state index in [1.165, 1.54) is 10.6 Å². The Morgan fingerprint density at radius 3 is 2.39 bits per heavy atom. The zero-order chi connectivity index (χ0) is 20.1. The molecule has 0 aromatic heterocycles. The van der Waals surface area contributed by atoms with Crippen LogP contribution in [0.4, 0.5) is 0 Å². The first-order valence-corrected chi connectivity index (χ1v) is 11.8. The summed E-state index contributed by atoms with van der Waals surface area (Å²) < 4.78 is 26.4. The maximum absolute atomic E-state index is 12.7. The van der Waals surface area contributed by atoms with Gasteiger partial charge in [-0.15, -0.1) is 0 Å². The largest absolute Gasteiger partial charge is 0.354 e. The first kappa shape index (κ1) is 20.8. The molecule has 1 aliphatic carbocycles. The van der Waals surface area contributed by atoms with Gasteiger partial charge in [0.05, 0.1) is 12.3 Å². The fraction of sp³-hybridized carbons (Fsp3) is 0.600. The summed E-state index contributed by atoms with van der Waals surface area (Å²) in [5.41, 5.74) is 0.796. The molecule has 0 radical (unpaired) electrons. The molecule has 1 heterocycles. The van der Waals surface area contributed by atoms with Gasteiger partial charge in [0.15, 0.2) is 0 Å². The van der Waals surface area contributed by atoms with E-state index in [0.29, 0.717) is 26.1 Å². The molecule has 1 unspecified atom stereocenters. The van der Waals surface area contributed by atoms with Crippen LogP contribution in [0.2, 0.25) is 0 Å². The van der Waals surface area contributed by atoms with E-state index in [0.717, 1.165) is 24.8 Å². The zero-order valence-electron chi connectivity index (χ0n) is 16.3. The quantitative estimate of drug-likeness (QED) is 0.823. The lowest BCUT2D eigenvalue weighted by molar-refractivity contribution is -0.138. The number of nitrogens with one attached hydrogen (secondary N) is 1. The number of carbonyl (C=O) groups is 2. The average Bonchev–Trinajstić information content (AvgIpc) is 2.63. The van der Waals surface area contributed by atoms with Gasteiger partial charge in [-0.2, -0.15) is 4.31 Å². The lowest BCUT2D eigenvalue weighted by Crippen LogP contribution is -2.43. The third kappa shape index (κ3) is 5.11. The van der Waals surface area contributed by atoms with Gasteiger partial charge >= 0.3 is 0 Å². The molecule has 154 valence electrons. The minimum absolute atomic E-state index is 0.0631. The summed E-state index contributed by atoms with van der Waals surface area (Å²) in [5.74, 6) is 0.00890. The molecule has 1 aromatic carbocycles. The molecule has 0 spiro atoms. The van der Waals surface area contributed by atoms with Crippen LogP contribution in [0.3, 0.4) is 0 Å². The summed E-state index contributed by atoms with van der Waals surface area (Å²) in [5, 5.41) is 2.86. The fourth-order valence-corrected chi connectivity index (χ4v) is 4.97. The van der Waals surface area contributed by atoms with Crippen LogP contribution < -0.4 is 5.32 Å². The standard InChI is InChI=1S/C20H29N3O4S/c1-28(26,27)23-13-6-12-22(20(25)17-9-5-10-17)14-11-21-19(24)15-18(23)16-7-3-2-4-8-16/h2-4,7-8,17-18H,5-6,9-15H2,1H3,(H,21,24). The van der Waals surface area contributed by atoms with Crippen molar-refractivity contribution in [2.75, 3.05) is 32.4 Å². The SMILES string of the molecule is CS(=O)(=O)N1CCCN(C(=O)C2CCC2)CCNC(=O)CC1c1ccccc1. The lowest BCUT2D eigenvalue weighted by atomic mass is 9.84. The normalized spacial score (nSPS) is 23.4.